The number of nitrogens with one attached hydrogen (secondary N) is 1. The molecule has 0 radical (unpaired) electrons. The van der Waals surface area contributed by atoms with E-state index in [9.17, 15) is 0 Å². The zero-order valence-electron chi connectivity index (χ0n) is 12.1. The summed E-state index contributed by atoms with van der Waals surface area (Å²) >= 11 is 0. The average Bonchev–Trinajstić information content (AvgIpc) is 2.45. The molecule has 0 amide bonds. The van der Waals surface area contributed by atoms with Crippen molar-refractivity contribution in [3.05, 3.63) is 24.3 Å². The molecule has 1 N–H and O–H groups in total. The summed E-state index contributed by atoms with van der Waals surface area (Å²) in [7, 11) is 1.68. The highest BCUT2D eigenvalue weighted by Crippen LogP contribution is 2.17. The first-order valence-electron chi connectivity index (χ1n) is 6.92. The molecule has 0 saturated carbocycles. The second-order valence-corrected chi connectivity index (χ2v) is 5.19. The predicted molar refractivity (Wildman–Crippen MR) is 77.9 cm³/mol. The van der Waals surface area contributed by atoms with Gasteiger partial charge in [0.2, 0.25) is 0 Å². The highest BCUT2D eigenvalue weighted by atomic mass is 16.5. The lowest BCUT2D eigenvalue weighted by atomic mass is 10.2. The SMILES string of the molecule is COc1cccc(NCC2CN(C(C)C)CCO2)c1. The quantitative estimate of drug-likeness (QED) is 0.884. The Kier molecular flexibility index (Phi) is 5.05. The smallest absolute Gasteiger partial charge is 0.120 e. The molecule has 1 aliphatic rings. The van der Waals surface area contributed by atoms with Crippen LogP contribution in [0.1, 0.15) is 13.8 Å². The van der Waals surface area contributed by atoms with Crippen LogP contribution in [0.2, 0.25) is 0 Å². The van der Waals surface area contributed by atoms with Gasteiger partial charge < -0.3 is 14.8 Å². The third kappa shape index (κ3) is 4.11. The monoisotopic (exact) mass is 264 g/mol. The lowest BCUT2D eigenvalue weighted by Crippen LogP contribution is -2.48. The Morgan fingerprint density at radius 1 is 1.47 bits per heavy atom. The van der Waals surface area contributed by atoms with Gasteiger partial charge in [0.15, 0.2) is 0 Å². The van der Waals surface area contributed by atoms with Crippen molar-refractivity contribution in [2.45, 2.75) is 26.0 Å². The molecule has 1 aliphatic heterocycles. The molecular formula is C15H24N2O2. The summed E-state index contributed by atoms with van der Waals surface area (Å²) in [5, 5.41) is 3.42. The first-order chi connectivity index (χ1) is 9.19. The molecule has 0 aliphatic carbocycles. The molecule has 1 unspecified atom stereocenters. The molecule has 4 nitrogen and oxygen atoms in total. The Balaban J connectivity index is 1.84. The topological polar surface area (TPSA) is 33.7 Å². The zero-order valence-corrected chi connectivity index (χ0v) is 12.1. The van der Waals surface area contributed by atoms with E-state index in [1.54, 1.807) is 7.11 Å². The number of benzene rings is 1. The lowest BCUT2D eigenvalue weighted by Gasteiger charge is -2.35. The fourth-order valence-corrected chi connectivity index (χ4v) is 2.30. The standard InChI is InChI=1S/C15H24N2O2/c1-12(2)17-7-8-19-15(11-17)10-16-13-5-4-6-14(9-13)18-3/h4-6,9,12,15-16H,7-8,10-11H2,1-3H3. The minimum atomic E-state index is 0.252. The van der Waals surface area contributed by atoms with Crippen LogP contribution in [-0.2, 0) is 4.74 Å². The normalized spacial score (nSPS) is 20.5. The number of methoxy groups -OCH3 is 1. The van der Waals surface area contributed by atoms with Crippen LogP contribution >= 0.6 is 0 Å². The Morgan fingerprint density at radius 3 is 3.05 bits per heavy atom. The van der Waals surface area contributed by atoms with Crippen LogP contribution in [0.3, 0.4) is 0 Å². The molecule has 1 aromatic carbocycles. The van der Waals surface area contributed by atoms with E-state index in [0.29, 0.717) is 6.04 Å². The zero-order chi connectivity index (χ0) is 13.7. The average molecular weight is 264 g/mol. The van der Waals surface area contributed by atoms with Crippen molar-refractivity contribution in [1.82, 2.24) is 4.90 Å². The summed E-state index contributed by atoms with van der Waals surface area (Å²) in [5.74, 6) is 0.873. The molecule has 1 atom stereocenters. The van der Waals surface area contributed by atoms with E-state index < -0.39 is 0 Å². The van der Waals surface area contributed by atoms with Gasteiger partial charge in [-0.1, -0.05) is 6.07 Å². The number of anilines is 1. The molecule has 1 heterocycles. The van der Waals surface area contributed by atoms with Crippen LogP contribution in [0.15, 0.2) is 24.3 Å². The predicted octanol–water partition coefficient (Wildman–Crippen LogP) is 2.22. The number of hydrogen-bond acceptors (Lipinski definition) is 4. The van der Waals surface area contributed by atoms with Gasteiger partial charge in [-0.15, -0.1) is 0 Å². The van der Waals surface area contributed by atoms with Gasteiger partial charge in [-0.3, -0.25) is 4.90 Å². The third-order valence-corrected chi connectivity index (χ3v) is 3.50. The molecule has 1 saturated heterocycles. The van der Waals surface area contributed by atoms with Gasteiger partial charge in [-0.25, -0.2) is 0 Å². The van der Waals surface area contributed by atoms with Gasteiger partial charge >= 0.3 is 0 Å². The molecule has 0 bridgehead atoms. The molecule has 0 spiro atoms. The van der Waals surface area contributed by atoms with Crippen molar-refractivity contribution in [1.29, 1.82) is 0 Å². The van der Waals surface area contributed by atoms with Crippen molar-refractivity contribution in [2.24, 2.45) is 0 Å². The van der Waals surface area contributed by atoms with Crippen LogP contribution < -0.4 is 10.1 Å². The van der Waals surface area contributed by atoms with Crippen molar-refractivity contribution in [2.75, 3.05) is 38.7 Å². The van der Waals surface area contributed by atoms with Gasteiger partial charge in [-0.2, -0.15) is 0 Å². The first-order valence-corrected chi connectivity index (χ1v) is 6.92. The Labute approximate surface area is 115 Å². The number of ether oxygens (including phenoxy) is 2. The van der Waals surface area contributed by atoms with Crippen LogP contribution in [0.25, 0.3) is 0 Å². The van der Waals surface area contributed by atoms with E-state index in [-0.39, 0.29) is 6.10 Å². The van der Waals surface area contributed by atoms with Crippen LogP contribution in [0, 0.1) is 0 Å². The number of hydrogen-bond donors (Lipinski definition) is 1. The molecule has 1 fully saturated rings. The Bertz CT molecular complexity index is 395. The summed E-state index contributed by atoms with van der Waals surface area (Å²) in [4.78, 5) is 2.46. The van der Waals surface area contributed by atoms with Crippen LogP contribution in [0.5, 0.6) is 5.75 Å². The summed E-state index contributed by atoms with van der Waals surface area (Å²) in [6.07, 6.45) is 0.252. The fraction of sp³-hybridized carbons (Fsp3) is 0.600. The van der Waals surface area contributed by atoms with E-state index >= 15 is 0 Å². The summed E-state index contributed by atoms with van der Waals surface area (Å²) in [5.41, 5.74) is 1.07. The summed E-state index contributed by atoms with van der Waals surface area (Å²) in [6.45, 7) is 8.15. The molecule has 1 aromatic rings. The van der Waals surface area contributed by atoms with Gasteiger partial charge in [0.05, 0.1) is 19.8 Å². The van der Waals surface area contributed by atoms with Crippen molar-refractivity contribution in [3.63, 3.8) is 0 Å². The minimum absolute atomic E-state index is 0.252. The maximum Gasteiger partial charge on any atom is 0.120 e. The first kappa shape index (κ1) is 14.2. The maximum atomic E-state index is 5.80. The Morgan fingerprint density at radius 2 is 2.32 bits per heavy atom. The second-order valence-electron chi connectivity index (χ2n) is 5.19. The van der Waals surface area contributed by atoms with E-state index in [2.05, 4.69) is 24.1 Å². The summed E-state index contributed by atoms with van der Waals surface area (Å²) < 4.78 is 11.0. The summed E-state index contributed by atoms with van der Waals surface area (Å²) in [6, 6.07) is 8.57. The van der Waals surface area contributed by atoms with Crippen molar-refractivity contribution < 1.29 is 9.47 Å². The lowest BCUT2D eigenvalue weighted by molar-refractivity contribution is -0.0315. The Hall–Kier alpha value is -1.26. The minimum Gasteiger partial charge on any atom is -0.497 e. The van der Waals surface area contributed by atoms with Gasteiger partial charge in [0.1, 0.15) is 5.75 Å². The fourth-order valence-electron chi connectivity index (χ4n) is 2.30. The number of rotatable bonds is 5. The van der Waals surface area contributed by atoms with E-state index in [0.717, 1.165) is 37.7 Å². The number of morpholine rings is 1. The van der Waals surface area contributed by atoms with E-state index in [4.69, 9.17) is 9.47 Å². The highest BCUT2D eigenvalue weighted by molar-refractivity contribution is 5.48. The largest absolute Gasteiger partial charge is 0.497 e. The molecule has 0 aromatic heterocycles. The van der Waals surface area contributed by atoms with Crippen LogP contribution in [0.4, 0.5) is 5.69 Å². The molecular weight excluding hydrogens is 240 g/mol. The van der Waals surface area contributed by atoms with Gasteiger partial charge in [0, 0.05) is 37.4 Å². The molecule has 4 heteroatoms. The van der Waals surface area contributed by atoms with Crippen molar-refractivity contribution in [3.8, 4) is 5.75 Å². The molecule has 106 valence electrons. The highest BCUT2D eigenvalue weighted by Gasteiger charge is 2.21. The van der Waals surface area contributed by atoms with Gasteiger partial charge in [-0.05, 0) is 26.0 Å². The third-order valence-electron chi connectivity index (χ3n) is 3.50. The molecule has 19 heavy (non-hydrogen) atoms. The van der Waals surface area contributed by atoms with E-state index in [1.807, 2.05) is 24.3 Å². The molecule has 2 rings (SSSR count). The number of nitrogens with zero attached hydrogens (tertiary/aromatic N) is 1. The van der Waals surface area contributed by atoms with E-state index in [1.165, 1.54) is 0 Å². The second kappa shape index (κ2) is 6.78. The maximum absolute atomic E-state index is 5.80. The van der Waals surface area contributed by atoms with Crippen molar-refractivity contribution >= 4 is 5.69 Å². The van der Waals surface area contributed by atoms with Crippen LogP contribution in [-0.4, -0.2) is 50.4 Å². The van der Waals surface area contributed by atoms with Gasteiger partial charge in [0.25, 0.3) is 0 Å².